The smallest absolute Gasteiger partial charge is 0.387 e. The van der Waals surface area contributed by atoms with E-state index >= 15 is 0 Å². The minimum Gasteiger partial charge on any atom is -0.493 e. The SMILES string of the molecule is COc1cc(/C=C(\C#N)c2ccccn2)ccc1OC(F)F. The van der Waals surface area contributed by atoms with Crippen LogP contribution in [-0.4, -0.2) is 18.7 Å². The van der Waals surface area contributed by atoms with Crippen molar-refractivity contribution in [2.45, 2.75) is 6.61 Å². The molecule has 4 nitrogen and oxygen atoms in total. The summed E-state index contributed by atoms with van der Waals surface area (Å²) >= 11 is 0. The monoisotopic (exact) mass is 302 g/mol. The fourth-order valence-corrected chi connectivity index (χ4v) is 1.82. The molecular weight excluding hydrogens is 290 g/mol. The fourth-order valence-electron chi connectivity index (χ4n) is 1.82. The highest BCUT2D eigenvalue weighted by molar-refractivity contribution is 5.88. The Bertz CT molecular complexity index is 710. The molecule has 22 heavy (non-hydrogen) atoms. The Hall–Kier alpha value is -2.94. The van der Waals surface area contributed by atoms with Crippen LogP contribution in [0.15, 0.2) is 42.6 Å². The van der Waals surface area contributed by atoms with Crippen molar-refractivity contribution >= 4 is 11.6 Å². The quantitative estimate of drug-likeness (QED) is 0.789. The van der Waals surface area contributed by atoms with Crippen molar-refractivity contribution in [1.29, 1.82) is 5.26 Å². The molecule has 0 saturated carbocycles. The lowest BCUT2D eigenvalue weighted by Crippen LogP contribution is -2.03. The molecule has 0 N–H and O–H groups in total. The number of benzene rings is 1. The highest BCUT2D eigenvalue weighted by Crippen LogP contribution is 2.30. The van der Waals surface area contributed by atoms with Crippen molar-refractivity contribution in [3.8, 4) is 17.6 Å². The van der Waals surface area contributed by atoms with Crippen LogP contribution in [0.4, 0.5) is 8.78 Å². The number of nitriles is 1. The summed E-state index contributed by atoms with van der Waals surface area (Å²) in [4.78, 5) is 4.10. The molecule has 0 amide bonds. The molecule has 1 heterocycles. The first-order valence-corrected chi connectivity index (χ1v) is 6.30. The van der Waals surface area contributed by atoms with Gasteiger partial charge in [0.05, 0.1) is 18.4 Å². The molecule has 1 aromatic heterocycles. The number of hydrogen-bond acceptors (Lipinski definition) is 4. The standard InChI is InChI=1S/C16H12F2N2O2/c1-21-15-9-11(5-6-14(15)22-16(17)18)8-12(10-19)13-4-2-3-7-20-13/h2-9,16H,1H3/b12-8+. The highest BCUT2D eigenvalue weighted by Gasteiger charge is 2.11. The third-order valence-corrected chi connectivity index (χ3v) is 2.78. The maximum absolute atomic E-state index is 12.3. The summed E-state index contributed by atoms with van der Waals surface area (Å²) in [5, 5.41) is 9.23. The molecule has 6 heteroatoms. The van der Waals surface area contributed by atoms with Gasteiger partial charge in [-0.25, -0.2) is 0 Å². The molecule has 0 spiro atoms. The van der Waals surface area contributed by atoms with Crippen molar-refractivity contribution in [2.24, 2.45) is 0 Å². The maximum Gasteiger partial charge on any atom is 0.387 e. The Labute approximate surface area is 126 Å². The van der Waals surface area contributed by atoms with Crippen LogP contribution in [0.3, 0.4) is 0 Å². The zero-order valence-corrected chi connectivity index (χ0v) is 11.7. The minimum atomic E-state index is -2.93. The van der Waals surface area contributed by atoms with E-state index in [1.54, 1.807) is 36.5 Å². The number of nitrogens with zero attached hydrogens (tertiary/aromatic N) is 2. The van der Waals surface area contributed by atoms with Crippen LogP contribution < -0.4 is 9.47 Å². The number of methoxy groups -OCH3 is 1. The van der Waals surface area contributed by atoms with Crippen LogP contribution in [0.5, 0.6) is 11.5 Å². The summed E-state index contributed by atoms with van der Waals surface area (Å²) in [7, 11) is 1.35. The third-order valence-electron chi connectivity index (χ3n) is 2.78. The average molecular weight is 302 g/mol. The van der Waals surface area contributed by atoms with Crippen LogP contribution in [0.25, 0.3) is 11.6 Å². The van der Waals surface area contributed by atoms with Gasteiger partial charge in [-0.15, -0.1) is 0 Å². The zero-order chi connectivity index (χ0) is 15.9. The summed E-state index contributed by atoms with van der Waals surface area (Å²) in [6.45, 7) is -2.93. The van der Waals surface area contributed by atoms with Gasteiger partial charge in [0.2, 0.25) is 0 Å². The molecule has 0 aliphatic heterocycles. The summed E-state index contributed by atoms with van der Waals surface area (Å²) in [5.74, 6) is 0.0957. The Morgan fingerprint density at radius 1 is 1.27 bits per heavy atom. The lowest BCUT2D eigenvalue weighted by atomic mass is 10.1. The molecule has 2 rings (SSSR count). The second-order valence-electron chi connectivity index (χ2n) is 4.17. The predicted octanol–water partition coefficient (Wildman–Crippen LogP) is 3.76. The van der Waals surface area contributed by atoms with Crippen LogP contribution in [0.2, 0.25) is 0 Å². The second-order valence-corrected chi connectivity index (χ2v) is 4.17. The summed E-state index contributed by atoms with van der Waals surface area (Å²) in [5.41, 5.74) is 1.49. The molecule has 0 radical (unpaired) electrons. The second kappa shape index (κ2) is 7.18. The van der Waals surface area contributed by atoms with Crippen molar-refractivity contribution in [1.82, 2.24) is 4.98 Å². The van der Waals surface area contributed by atoms with Crippen molar-refractivity contribution in [2.75, 3.05) is 7.11 Å². The highest BCUT2D eigenvalue weighted by atomic mass is 19.3. The Kier molecular flexibility index (Phi) is 5.04. The van der Waals surface area contributed by atoms with Gasteiger partial charge >= 0.3 is 6.61 Å². The van der Waals surface area contributed by atoms with Gasteiger partial charge in [0.1, 0.15) is 6.07 Å². The van der Waals surface area contributed by atoms with E-state index in [1.807, 2.05) is 0 Å². The van der Waals surface area contributed by atoms with Crippen LogP contribution in [-0.2, 0) is 0 Å². The Morgan fingerprint density at radius 3 is 2.68 bits per heavy atom. The van der Waals surface area contributed by atoms with E-state index in [0.29, 0.717) is 16.8 Å². The van der Waals surface area contributed by atoms with Gasteiger partial charge < -0.3 is 9.47 Å². The molecule has 0 atom stereocenters. The lowest BCUT2D eigenvalue weighted by molar-refractivity contribution is -0.0512. The molecule has 112 valence electrons. The first kappa shape index (κ1) is 15.4. The number of alkyl halides is 2. The summed E-state index contributed by atoms with van der Waals surface area (Å²) < 4.78 is 33.9. The van der Waals surface area contributed by atoms with Crippen LogP contribution in [0.1, 0.15) is 11.3 Å². The molecular formula is C16H12F2N2O2. The van der Waals surface area contributed by atoms with E-state index in [9.17, 15) is 14.0 Å². The van der Waals surface area contributed by atoms with E-state index < -0.39 is 6.61 Å². The molecule has 1 aromatic carbocycles. The molecule has 0 unspecified atom stereocenters. The van der Waals surface area contributed by atoms with Gasteiger partial charge in [-0.1, -0.05) is 12.1 Å². The predicted molar refractivity (Wildman–Crippen MR) is 77.3 cm³/mol. The number of aromatic nitrogens is 1. The van der Waals surface area contributed by atoms with E-state index in [2.05, 4.69) is 15.8 Å². The number of allylic oxidation sites excluding steroid dienone is 1. The fraction of sp³-hybridized carbons (Fsp3) is 0.125. The van der Waals surface area contributed by atoms with Crippen molar-refractivity contribution in [3.63, 3.8) is 0 Å². The Morgan fingerprint density at radius 2 is 2.09 bits per heavy atom. The normalized spacial score (nSPS) is 11.1. The maximum atomic E-state index is 12.3. The van der Waals surface area contributed by atoms with Crippen molar-refractivity contribution < 1.29 is 18.3 Å². The summed E-state index contributed by atoms with van der Waals surface area (Å²) in [6, 6.07) is 11.7. The third kappa shape index (κ3) is 3.79. The molecule has 0 aliphatic carbocycles. The molecule has 0 aliphatic rings. The summed E-state index contributed by atoms with van der Waals surface area (Å²) in [6.07, 6.45) is 3.18. The van der Waals surface area contributed by atoms with Gasteiger partial charge in [0, 0.05) is 6.20 Å². The number of rotatable bonds is 5. The van der Waals surface area contributed by atoms with Gasteiger partial charge in [-0.2, -0.15) is 14.0 Å². The molecule has 0 bridgehead atoms. The van der Waals surface area contributed by atoms with E-state index in [1.165, 1.54) is 19.2 Å². The molecule has 0 fully saturated rings. The minimum absolute atomic E-state index is 0.0639. The average Bonchev–Trinajstić information content (AvgIpc) is 2.54. The number of hydrogen-bond donors (Lipinski definition) is 0. The molecule has 0 saturated heterocycles. The van der Waals surface area contributed by atoms with Crippen LogP contribution >= 0.6 is 0 Å². The lowest BCUT2D eigenvalue weighted by Gasteiger charge is -2.10. The van der Waals surface area contributed by atoms with E-state index in [4.69, 9.17) is 4.74 Å². The Balaban J connectivity index is 2.36. The number of halogens is 2. The largest absolute Gasteiger partial charge is 0.493 e. The van der Waals surface area contributed by atoms with Crippen molar-refractivity contribution in [3.05, 3.63) is 53.9 Å². The number of pyridine rings is 1. The molecule has 2 aromatic rings. The first-order chi connectivity index (χ1) is 10.6. The zero-order valence-electron chi connectivity index (χ0n) is 11.7. The van der Waals surface area contributed by atoms with Gasteiger partial charge in [-0.05, 0) is 35.9 Å². The van der Waals surface area contributed by atoms with Crippen LogP contribution in [0, 0.1) is 11.3 Å². The number of ether oxygens (including phenoxy) is 2. The van der Waals surface area contributed by atoms with Gasteiger partial charge in [0.25, 0.3) is 0 Å². The van der Waals surface area contributed by atoms with Gasteiger partial charge in [0.15, 0.2) is 11.5 Å². The van der Waals surface area contributed by atoms with E-state index in [0.717, 1.165) is 0 Å². The van der Waals surface area contributed by atoms with E-state index in [-0.39, 0.29) is 11.5 Å². The first-order valence-electron chi connectivity index (χ1n) is 6.30. The topological polar surface area (TPSA) is 55.1 Å². The van der Waals surface area contributed by atoms with Gasteiger partial charge in [-0.3, -0.25) is 4.98 Å².